The van der Waals surface area contributed by atoms with E-state index >= 15 is 0 Å². The van der Waals surface area contributed by atoms with E-state index < -0.39 is 0 Å². The lowest BCUT2D eigenvalue weighted by atomic mass is 9.41. The van der Waals surface area contributed by atoms with Gasteiger partial charge in [0.1, 0.15) is 0 Å². The van der Waals surface area contributed by atoms with E-state index in [4.69, 9.17) is 9.47 Å². The predicted molar refractivity (Wildman–Crippen MR) is 136 cm³/mol. The minimum absolute atomic E-state index is 0.00624. The first kappa shape index (κ1) is 24.2. The molecule has 1 saturated heterocycles. The molecule has 6 aliphatic rings. The summed E-state index contributed by atoms with van der Waals surface area (Å²) in [5, 5.41) is 11.0. The molecule has 0 radical (unpaired) electrons. The van der Waals surface area contributed by atoms with E-state index in [0.717, 1.165) is 18.3 Å². The van der Waals surface area contributed by atoms with Gasteiger partial charge in [-0.15, -0.1) is 0 Å². The first-order chi connectivity index (χ1) is 15.8. The number of rotatable bonds is 1. The van der Waals surface area contributed by atoms with Gasteiger partial charge in [-0.05, 0) is 115 Å². The molecule has 194 valence electrons. The van der Waals surface area contributed by atoms with Crippen LogP contribution in [0.25, 0.3) is 0 Å². The molecular weight excluding hydrogens is 420 g/mol. The standard InChI is InChI=1S/C31H52O3/c1-26(2)22-17-25-31(34-25)18-28(5)14-11-19-27(3,4)24(33-8)13-16-29(19,6)20(28)9-10-21(31)30(22,7)15-12-23(26)32/h19-25,32H,9-18H2,1-8H3/t19?,20-,21+,22-,23+,24-,25+,28-,29-,30+,31-/m0/s1. The topological polar surface area (TPSA) is 42.0 Å². The van der Waals surface area contributed by atoms with Gasteiger partial charge >= 0.3 is 0 Å². The molecule has 1 aliphatic heterocycles. The minimum atomic E-state index is -0.166. The van der Waals surface area contributed by atoms with E-state index in [-0.39, 0.29) is 22.5 Å². The molecule has 1 N–H and O–H groups in total. The molecule has 3 nitrogen and oxygen atoms in total. The van der Waals surface area contributed by atoms with Crippen molar-refractivity contribution in [2.45, 2.75) is 137 Å². The third-order valence-electron chi connectivity index (χ3n) is 14.0. The van der Waals surface area contributed by atoms with Crippen molar-refractivity contribution in [3.05, 3.63) is 0 Å². The van der Waals surface area contributed by atoms with Gasteiger partial charge in [0.05, 0.1) is 23.9 Å². The molecular formula is C31H52O3. The fraction of sp³-hybridized carbons (Fsp3) is 1.00. The summed E-state index contributed by atoms with van der Waals surface area (Å²) in [5.74, 6) is 2.76. The van der Waals surface area contributed by atoms with Gasteiger partial charge in [-0.1, -0.05) is 48.5 Å². The highest BCUT2D eigenvalue weighted by Gasteiger charge is 2.76. The minimum Gasteiger partial charge on any atom is -0.393 e. The molecule has 0 aromatic carbocycles. The molecule has 1 spiro atoms. The predicted octanol–water partition coefficient (Wildman–Crippen LogP) is 7.01. The smallest absolute Gasteiger partial charge is 0.0987 e. The Balaban J connectivity index is 1.36. The second-order valence-corrected chi connectivity index (χ2v) is 15.9. The van der Waals surface area contributed by atoms with Crippen molar-refractivity contribution >= 4 is 0 Å². The van der Waals surface area contributed by atoms with Crippen LogP contribution in [0.15, 0.2) is 0 Å². The van der Waals surface area contributed by atoms with Crippen molar-refractivity contribution in [2.24, 2.45) is 50.7 Å². The van der Waals surface area contributed by atoms with Gasteiger partial charge in [0.2, 0.25) is 0 Å². The number of methoxy groups -OCH3 is 1. The van der Waals surface area contributed by atoms with Crippen molar-refractivity contribution in [1.82, 2.24) is 0 Å². The molecule has 3 heteroatoms. The molecule has 1 unspecified atom stereocenters. The molecule has 5 aliphatic carbocycles. The van der Waals surface area contributed by atoms with Gasteiger partial charge in [0, 0.05) is 7.11 Å². The van der Waals surface area contributed by atoms with Crippen molar-refractivity contribution in [1.29, 1.82) is 0 Å². The summed E-state index contributed by atoms with van der Waals surface area (Å²) in [6, 6.07) is 0. The lowest BCUT2D eigenvalue weighted by Gasteiger charge is -2.64. The van der Waals surface area contributed by atoms with Crippen molar-refractivity contribution in [3.8, 4) is 0 Å². The zero-order valence-electron chi connectivity index (χ0n) is 23.4. The van der Waals surface area contributed by atoms with E-state index in [0.29, 0.717) is 40.3 Å². The number of ether oxygens (including phenoxy) is 2. The van der Waals surface area contributed by atoms with Gasteiger partial charge in [0.15, 0.2) is 0 Å². The van der Waals surface area contributed by atoms with Crippen molar-refractivity contribution in [2.75, 3.05) is 7.11 Å². The third-order valence-corrected chi connectivity index (χ3v) is 14.0. The maximum absolute atomic E-state index is 11.0. The SMILES string of the molecule is CO[C@H]1CC[C@@]2(C)C(CC[C@@]3(C)C[C@@]45O[C@@H]4C[C@H]4C(C)(C)[C@H](O)CC[C@]4(C)[C@H]5CC[C@@H]32)C1(C)C. The van der Waals surface area contributed by atoms with E-state index in [9.17, 15) is 5.11 Å². The first-order valence-electron chi connectivity index (χ1n) is 14.6. The molecule has 34 heavy (non-hydrogen) atoms. The van der Waals surface area contributed by atoms with Gasteiger partial charge in [-0.2, -0.15) is 0 Å². The molecule has 5 saturated carbocycles. The summed E-state index contributed by atoms with van der Waals surface area (Å²) in [6.07, 6.45) is 13.2. The van der Waals surface area contributed by atoms with Gasteiger partial charge in [-0.3, -0.25) is 0 Å². The van der Waals surface area contributed by atoms with Gasteiger partial charge in [0.25, 0.3) is 0 Å². The van der Waals surface area contributed by atoms with Crippen LogP contribution in [0.2, 0.25) is 0 Å². The number of hydrogen-bond acceptors (Lipinski definition) is 3. The summed E-state index contributed by atoms with van der Waals surface area (Å²) < 4.78 is 12.9. The Hall–Kier alpha value is -0.120. The van der Waals surface area contributed by atoms with E-state index in [2.05, 4.69) is 48.5 Å². The quantitative estimate of drug-likeness (QED) is 0.418. The maximum Gasteiger partial charge on any atom is 0.0987 e. The van der Waals surface area contributed by atoms with Crippen LogP contribution in [0.5, 0.6) is 0 Å². The van der Waals surface area contributed by atoms with Crippen LogP contribution >= 0.6 is 0 Å². The monoisotopic (exact) mass is 472 g/mol. The molecule has 0 bridgehead atoms. The van der Waals surface area contributed by atoms with Gasteiger partial charge in [-0.25, -0.2) is 0 Å². The lowest BCUT2D eigenvalue weighted by molar-refractivity contribution is -0.180. The number of fused-ring (bicyclic) bond motifs is 5. The number of hydrogen-bond donors (Lipinski definition) is 1. The highest BCUT2D eigenvalue weighted by Crippen LogP contribution is 2.76. The van der Waals surface area contributed by atoms with Crippen molar-refractivity contribution < 1.29 is 14.6 Å². The fourth-order valence-corrected chi connectivity index (χ4v) is 12.4. The largest absolute Gasteiger partial charge is 0.393 e. The molecule has 0 aromatic rings. The molecule has 0 amide bonds. The molecule has 6 rings (SSSR count). The summed E-state index contributed by atoms with van der Waals surface area (Å²) in [6.45, 7) is 17.6. The average Bonchev–Trinajstić information content (AvgIpc) is 3.46. The van der Waals surface area contributed by atoms with E-state index in [1.165, 1.54) is 57.8 Å². The zero-order valence-corrected chi connectivity index (χ0v) is 23.4. The van der Waals surface area contributed by atoms with Crippen LogP contribution in [0.1, 0.15) is 113 Å². The summed E-state index contributed by atoms with van der Waals surface area (Å²) in [5.41, 5.74) is 1.45. The summed E-state index contributed by atoms with van der Waals surface area (Å²) >= 11 is 0. The Morgan fingerprint density at radius 1 is 0.706 bits per heavy atom. The number of epoxide rings is 1. The first-order valence-corrected chi connectivity index (χ1v) is 14.6. The van der Waals surface area contributed by atoms with Crippen LogP contribution in [-0.2, 0) is 9.47 Å². The van der Waals surface area contributed by atoms with E-state index in [1.807, 2.05) is 7.11 Å². The number of aliphatic hydroxyl groups excluding tert-OH is 1. The van der Waals surface area contributed by atoms with Crippen molar-refractivity contribution in [3.63, 3.8) is 0 Å². The Labute approximate surface area is 209 Å². The molecule has 11 atom stereocenters. The second-order valence-electron chi connectivity index (χ2n) is 15.9. The molecule has 6 fully saturated rings. The fourth-order valence-electron chi connectivity index (χ4n) is 12.4. The van der Waals surface area contributed by atoms with Gasteiger partial charge < -0.3 is 14.6 Å². The van der Waals surface area contributed by atoms with Crippen LogP contribution < -0.4 is 0 Å². The maximum atomic E-state index is 11.0. The summed E-state index contributed by atoms with van der Waals surface area (Å²) in [4.78, 5) is 0. The third kappa shape index (κ3) is 2.82. The van der Waals surface area contributed by atoms with Crippen LogP contribution in [0.4, 0.5) is 0 Å². The Morgan fingerprint density at radius 2 is 1.35 bits per heavy atom. The lowest BCUT2D eigenvalue weighted by Crippen LogP contribution is -2.60. The van der Waals surface area contributed by atoms with Crippen LogP contribution in [0.3, 0.4) is 0 Å². The number of aliphatic hydroxyl groups is 1. The van der Waals surface area contributed by atoms with Crippen LogP contribution in [0, 0.1) is 50.7 Å². The second kappa shape index (κ2) is 7.04. The van der Waals surface area contributed by atoms with E-state index in [1.54, 1.807) is 0 Å². The summed E-state index contributed by atoms with van der Waals surface area (Å²) in [7, 11) is 1.93. The Morgan fingerprint density at radius 3 is 2.06 bits per heavy atom. The molecule has 0 aromatic heterocycles. The normalized spacial score (nSPS) is 59.4. The molecule has 1 heterocycles. The highest BCUT2D eigenvalue weighted by molar-refractivity contribution is 5.24. The Bertz CT molecular complexity index is 850. The zero-order chi connectivity index (χ0) is 24.5. The Kier molecular flexibility index (Phi) is 5.02. The average molecular weight is 473 g/mol. The highest BCUT2D eigenvalue weighted by atomic mass is 16.6. The van der Waals surface area contributed by atoms with Crippen LogP contribution in [-0.4, -0.2) is 36.1 Å².